The summed E-state index contributed by atoms with van der Waals surface area (Å²) in [4.78, 5) is 3.98. The number of anilines is 1. The molecular formula is C12H19N3O3S. The van der Waals surface area contributed by atoms with Crippen LogP contribution in [0.5, 0.6) is 0 Å². The monoisotopic (exact) mass is 285 g/mol. The summed E-state index contributed by atoms with van der Waals surface area (Å²) in [5.41, 5.74) is 5.53. The summed E-state index contributed by atoms with van der Waals surface area (Å²) in [6, 6.07) is 2.84. The largest absolute Gasteiger partial charge is 0.384 e. The van der Waals surface area contributed by atoms with E-state index in [0.717, 1.165) is 19.4 Å². The molecule has 1 aliphatic heterocycles. The van der Waals surface area contributed by atoms with E-state index in [1.807, 2.05) is 0 Å². The van der Waals surface area contributed by atoms with Crippen molar-refractivity contribution in [2.75, 3.05) is 32.5 Å². The Labute approximate surface area is 113 Å². The van der Waals surface area contributed by atoms with Gasteiger partial charge in [0.1, 0.15) is 5.82 Å². The molecule has 0 aliphatic carbocycles. The van der Waals surface area contributed by atoms with Gasteiger partial charge in [-0.05, 0) is 24.8 Å². The predicted octanol–water partition coefficient (Wildman–Crippen LogP) is 0.711. The zero-order valence-corrected chi connectivity index (χ0v) is 11.8. The summed E-state index contributed by atoms with van der Waals surface area (Å²) in [6.07, 6.45) is 3.39. The Bertz CT molecular complexity index is 527. The van der Waals surface area contributed by atoms with Gasteiger partial charge in [0.05, 0.1) is 11.5 Å². The molecule has 1 saturated heterocycles. The molecule has 2 rings (SSSR count). The second kappa shape index (κ2) is 5.85. The summed E-state index contributed by atoms with van der Waals surface area (Å²) in [7, 11) is -1.92. The van der Waals surface area contributed by atoms with E-state index in [1.165, 1.54) is 22.6 Å². The van der Waals surface area contributed by atoms with Crippen LogP contribution in [0.1, 0.15) is 12.8 Å². The summed E-state index contributed by atoms with van der Waals surface area (Å²) >= 11 is 0. The number of hydrogen-bond donors (Lipinski definition) is 1. The maximum atomic E-state index is 12.4. The first kappa shape index (κ1) is 14.2. The van der Waals surface area contributed by atoms with Crippen LogP contribution in [0.2, 0.25) is 0 Å². The Morgan fingerprint density at radius 3 is 3.00 bits per heavy atom. The first-order valence-electron chi connectivity index (χ1n) is 6.26. The Hall–Kier alpha value is -1.18. The van der Waals surface area contributed by atoms with Gasteiger partial charge in [-0.15, -0.1) is 0 Å². The van der Waals surface area contributed by atoms with Crippen molar-refractivity contribution in [3.8, 4) is 0 Å². The van der Waals surface area contributed by atoms with Gasteiger partial charge >= 0.3 is 0 Å². The molecule has 7 heteroatoms. The molecule has 2 heterocycles. The molecule has 1 aliphatic rings. The third-order valence-corrected chi connectivity index (χ3v) is 5.05. The standard InChI is InChI=1S/C12H19N3O3S/c1-15(8-10-3-2-6-18-9-10)19(16,17)11-4-5-14-12(13)7-11/h4-5,7,10H,2-3,6,8-9H2,1H3,(H2,13,14). The molecule has 6 nitrogen and oxygen atoms in total. The third kappa shape index (κ3) is 3.43. The maximum Gasteiger partial charge on any atom is 0.243 e. The lowest BCUT2D eigenvalue weighted by molar-refractivity contribution is 0.0495. The molecule has 0 spiro atoms. The summed E-state index contributed by atoms with van der Waals surface area (Å²) in [6.45, 7) is 1.86. The van der Waals surface area contributed by atoms with E-state index >= 15 is 0 Å². The van der Waals surface area contributed by atoms with Gasteiger partial charge in [0.15, 0.2) is 0 Å². The Balaban J connectivity index is 2.10. The number of sulfonamides is 1. The van der Waals surface area contributed by atoms with E-state index in [2.05, 4.69) is 4.98 Å². The fourth-order valence-electron chi connectivity index (χ4n) is 2.18. The second-order valence-electron chi connectivity index (χ2n) is 4.79. The Morgan fingerprint density at radius 2 is 2.37 bits per heavy atom. The highest BCUT2D eigenvalue weighted by Gasteiger charge is 2.25. The quantitative estimate of drug-likeness (QED) is 0.880. The molecule has 106 valence electrons. The fourth-order valence-corrected chi connectivity index (χ4v) is 3.45. The van der Waals surface area contributed by atoms with Gasteiger partial charge in [-0.1, -0.05) is 0 Å². The lowest BCUT2D eigenvalue weighted by Crippen LogP contribution is -2.35. The van der Waals surface area contributed by atoms with Crippen molar-refractivity contribution in [1.82, 2.24) is 9.29 Å². The molecular weight excluding hydrogens is 266 g/mol. The van der Waals surface area contributed by atoms with Crippen LogP contribution in [0.4, 0.5) is 5.82 Å². The SMILES string of the molecule is CN(CC1CCCOC1)S(=O)(=O)c1ccnc(N)c1. The summed E-state index contributed by atoms with van der Waals surface area (Å²) in [5.74, 6) is 0.461. The smallest absolute Gasteiger partial charge is 0.243 e. The minimum atomic E-state index is -3.50. The first-order chi connectivity index (χ1) is 9.00. The highest BCUT2D eigenvalue weighted by atomic mass is 32.2. The molecule has 0 aromatic carbocycles. The molecule has 1 atom stereocenters. The van der Waals surface area contributed by atoms with Crippen molar-refractivity contribution in [3.05, 3.63) is 18.3 Å². The topological polar surface area (TPSA) is 85.5 Å². The Morgan fingerprint density at radius 1 is 1.58 bits per heavy atom. The Kier molecular flexibility index (Phi) is 4.38. The van der Waals surface area contributed by atoms with Gasteiger partial charge in [-0.2, -0.15) is 0 Å². The van der Waals surface area contributed by atoms with E-state index in [0.29, 0.717) is 13.2 Å². The van der Waals surface area contributed by atoms with Crippen molar-refractivity contribution in [3.63, 3.8) is 0 Å². The molecule has 2 N–H and O–H groups in total. The van der Waals surface area contributed by atoms with Crippen LogP contribution in [0.25, 0.3) is 0 Å². The van der Waals surface area contributed by atoms with Crippen molar-refractivity contribution < 1.29 is 13.2 Å². The van der Waals surface area contributed by atoms with E-state index in [4.69, 9.17) is 10.5 Å². The lowest BCUT2D eigenvalue weighted by Gasteiger charge is -2.26. The van der Waals surface area contributed by atoms with E-state index in [-0.39, 0.29) is 16.6 Å². The van der Waals surface area contributed by atoms with Crippen LogP contribution in [-0.4, -0.2) is 44.5 Å². The van der Waals surface area contributed by atoms with Crippen molar-refractivity contribution in [2.45, 2.75) is 17.7 Å². The van der Waals surface area contributed by atoms with Crippen LogP contribution in [0.15, 0.2) is 23.2 Å². The average molecular weight is 285 g/mol. The second-order valence-corrected chi connectivity index (χ2v) is 6.83. The molecule has 0 amide bonds. The van der Waals surface area contributed by atoms with Crippen LogP contribution in [0, 0.1) is 5.92 Å². The zero-order valence-electron chi connectivity index (χ0n) is 10.9. The summed E-state index contributed by atoms with van der Waals surface area (Å²) < 4.78 is 31.5. The van der Waals surface area contributed by atoms with Gasteiger partial charge in [0, 0.05) is 32.5 Å². The number of aromatic nitrogens is 1. The maximum absolute atomic E-state index is 12.4. The molecule has 1 aromatic heterocycles. The van der Waals surface area contributed by atoms with Crippen molar-refractivity contribution in [2.24, 2.45) is 5.92 Å². The third-order valence-electron chi connectivity index (χ3n) is 3.23. The van der Waals surface area contributed by atoms with Gasteiger partial charge in [0.25, 0.3) is 0 Å². The molecule has 1 fully saturated rings. The van der Waals surface area contributed by atoms with Crippen molar-refractivity contribution in [1.29, 1.82) is 0 Å². The van der Waals surface area contributed by atoms with Crippen molar-refractivity contribution >= 4 is 15.8 Å². The minimum absolute atomic E-state index is 0.180. The molecule has 0 saturated carbocycles. The van der Waals surface area contributed by atoms with Crippen LogP contribution < -0.4 is 5.73 Å². The molecule has 0 radical (unpaired) electrons. The zero-order chi connectivity index (χ0) is 13.9. The summed E-state index contributed by atoms with van der Waals surface area (Å²) in [5, 5.41) is 0. The lowest BCUT2D eigenvalue weighted by atomic mass is 10.0. The number of rotatable bonds is 4. The van der Waals surface area contributed by atoms with E-state index in [9.17, 15) is 8.42 Å². The van der Waals surface area contributed by atoms with Crippen LogP contribution in [0.3, 0.4) is 0 Å². The molecule has 1 unspecified atom stereocenters. The normalized spacial score (nSPS) is 20.6. The van der Waals surface area contributed by atoms with Crippen LogP contribution >= 0.6 is 0 Å². The van der Waals surface area contributed by atoms with E-state index < -0.39 is 10.0 Å². The first-order valence-corrected chi connectivity index (χ1v) is 7.70. The minimum Gasteiger partial charge on any atom is -0.384 e. The molecule has 0 bridgehead atoms. The fraction of sp³-hybridized carbons (Fsp3) is 0.583. The van der Waals surface area contributed by atoms with Gasteiger partial charge in [0.2, 0.25) is 10.0 Å². The number of nitrogens with two attached hydrogens (primary N) is 1. The van der Waals surface area contributed by atoms with Gasteiger partial charge in [-0.3, -0.25) is 0 Å². The number of pyridine rings is 1. The number of hydrogen-bond acceptors (Lipinski definition) is 5. The number of nitrogens with zero attached hydrogens (tertiary/aromatic N) is 2. The highest BCUT2D eigenvalue weighted by Crippen LogP contribution is 2.20. The molecule has 1 aromatic rings. The van der Waals surface area contributed by atoms with Gasteiger partial charge < -0.3 is 10.5 Å². The number of nitrogen functional groups attached to an aromatic ring is 1. The van der Waals surface area contributed by atoms with Crippen LogP contribution in [-0.2, 0) is 14.8 Å². The van der Waals surface area contributed by atoms with Gasteiger partial charge in [-0.25, -0.2) is 17.7 Å². The molecule has 19 heavy (non-hydrogen) atoms. The average Bonchev–Trinajstić information content (AvgIpc) is 2.40. The highest BCUT2D eigenvalue weighted by molar-refractivity contribution is 7.89. The van der Waals surface area contributed by atoms with E-state index in [1.54, 1.807) is 7.05 Å². The number of ether oxygens (including phenoxy) is 1. The predicted molar refractivity (Wildman–Crippen MR) is 72.0 cm³/mol.